The van der Waals surface area contributed by atoms with E-state index < -0.39 is 11.6 Å². The van der Waals surface area contributed by atoms with Gasteiger partial charge in [-0.1, -0.05) is 5.92 Å². The maximum absolute atomic E-state index is 13.8. The second-order valence-electron chi connectivity index (χ2n) is 3.46. The van der Waals surface area contributed by atoms with Gasteiger partial charge in [-0.15, -0.1) is 6.42 Å². The highest BCUT2D eigenvalue weighted by Gasteiger charge is 2.17. The molecule has 0 fully saturated rings. The lowest BCUT2D eigenvalue weighted by molar-refractivity contribution is 0.584. The molecule has 1 aromatic heterocycles. The van der Waals surface area contributed by atoms with Crippen molar-refractivity contribution in [1.82, 2.24) is 9.55 Å². The van der Waals surface area contributed by atoms with Crippen LogP contribution in [0.4, 0.5) is 8.78 Å². The average Bonchev–Trinajstić information content (AvgIpc) is 2.55. The highest BCUT2D eigenvalue weighted by molar-refractivity contribution is 5.79. The molecule has 0 aliphatic rings. The Bertz CT molecular complexity index is 606. The van der Waals surface area contributed by atoms with E-state index >= 15 is 0 Å². The fourth-order valence-corrected chi connectivity index (χ4v) is 1.84. The number of benzene rings is 1. The van der Waals surface area contributed by atoms with Gasteiger partial charge in [0.2, 0.25) is 0 Å². The van der Waals surface area contributed by atoms with Crippen molar-refractivity contribution in [2.75, 3.05) is 0 Å². The van der Waals surface area contributed by atoms with Crippen molar-refractivity contribution in [1.29, 1.82) is 0 Å². The van der Waals surface area contributed by atoms with Gasteiger partial charge in [0, 0.05) is 12.6 Å². The number of hydrogen-bond donors (Lipinski definition) is 0. The smallest absolute Gasteiger partial charge is 0.169 e. The molecule has 1 heterocycles. The number of rotatable bonds is 1. The Morgan fingerprint density at radius 1 is 1.50 bits per heavy atom. The van der Waals surface area contributed by atoms with Gasteiger partial charge < -0.3 is 4.57 Å². The molecular formula is C12H10F2N2. The fourth-order valence-electron chi connectivity index (χ4n) is 1.84. The van der Waals surface area contributed by atoms with Gasteiger partial charge in [-0.25, -0.2) is 13.8 Å². The molecule has 0 N–H and O–H groups in total. The van der Waals surface area contributed by atoms with Crippen LogP contribution in [0.3, 0.4) is 0 Å². The van der Waals surface area contributed by atoms with Crippen LogP contribution in [0, 0.1) is 30.9 Å². The van der Waals surface area contributed by atoms with E-state index in [1.165, 1.54) is 6.07 Å². The second kappa shape index (κ2) is 3.60. The third-order valence-corrected chi connectivity index (χ3v) is 2.59. The molecular weight excluding hydrogens is 210 g/mol. The number of imidazole rings is 1. The SMILES string of the molecule is C#Cc1c(F)cc2c(nc(C)n2CC)c1F. The third-order valence-electron chi connectivity index (χ3n) is 2.59. The van der Waals surface area contributed by atoms with Crippen LogP contribution in [0.2, 0.25) is 0 Å². The number of nitrogens with zero attached hydrogens (tertiary/aromatic N) is 2. The van der Waals surface area contributed by atoms with Crippen LogP contribution >= 0.6 is 0 Å². The predicted octanol–water partition coefficient (Wildman–Crippen LogP) is 2.62. The van der Waals surface area contributed by atoms with E-state index in [4.69, 9.17) is 6.42 Å². The van der Waals surface area contributed by atoms with Crippen LogP contribution in [-0.2, 0) is 6.54 Å². The van der Waals surface area contributed by atoms with E-state index in [-0.39, 0.29) is 11.1 Å². The summed E-state index contributed by atoms with van der Waals surface area (Å²) in [5, 5.41) is 0. The highest BCUT2D eigenvalue weighted by Crippen LogP contribution is 2.24. The summed E-state index contributed by atoms with van der Waals surface area (Å²) in [5.41, 5.74) is 0.218. The normalized spacial score (nSPS) is 10.7. The van der Waals surface area contributed by atoms with Gasteiger partial charge in [-0.3, -0.25) is 0 Å². The number of fused-ring (bicyclic) bond motifs is 1. The maximum Gasteiger partial charge on any atom is 0.169 e. The van der Waals surface area contributed by atoms with Gasteiger partial charge in [0.15, 0.2) is 5.82 Å². The van der Waals surface area contributed by atoms with E-state index in [2.05, 4.69) is 4.98 Å². The minimum Gasteiger partial charge on any atom is -0.328 e. The first-order valence-electron chi connectivity index (χ1n) is 4.91. The molecule has 82 valence electrons. The number of aromatic nitrogens is 2. The topological polar surface area (TPSA) is 17.8 Å². The lowest BCUT2D eigenvalue weighted by atomic mass is 10.2. The zero-order chi connectivity index (χ0) is 11.9. The third kappa shape index (κ3) is 1.28. The Hall–Kier alpha value is -1.89. The Balaban J connectivity index is 2.94. The van der Waals surface area contributed by atoms with E-state index in [0.29, 0.717) is 17.9 Å². The standard InChI is InChI=1S/C12H10F2N2/c1-4-8-9(13)6-10-12(11(8)14)15-7(3)16(10)5-2/h1,6H,5H2,2-3H3. The van der Waals surface area contributed by atoms with Crippen LogP contribution in [-0.4, -0.2) is 9.55 Å². The summed E-state index contributed by atoms with van der Waals surface area (Å²) in [6.07, 6.45) is 5.06. The monoisotopic (exact) mass is 220 g/mol. The minimum absolute atomic E-state index is 0.133. The molecule has 4 heteroatoms. The largest absolute Gasteiger partial charge is 0.328 e. The summed E-state index contributed by atoms with van der Waals surface area (Å²) in [7, 11) is 0. The van der Waals surface area contributed by atoms with Gasteiger partial charge in [0.25, 0.3) is 0 Å². The molecule has 16 heavy (non-hydrogen) atoms. The molecule has 1 aromatic carbocycles. The summed E-state index contributed by atoms with van der Waals surface area (Å²) < 4.78 is 29.0. The summed E-state index contributed by atoms with van der Waals surface area (Å²) >= 11 is 0. The maximum atomic E-state index is 13.8. The zero-order valence-corrected chi connectivity index (χ0v) is 9.01. The number of aryl methyl sites for hydroxylation is 2. The van der Waals surface area contributed by atoms with Crippen LogP contribution in [0.25, 0.3) is 11.0 Å². The van der Waals surface area contributed by atoms with Gasteiger partial charge in [0.1, 0.15) is 17.2 Å². The molecule has 2 rings (SSSR count). The molecule has 0 bridgehead atoms. The molecule has 0 aliphatic carbocycles. The predicted molar refractivity (Wildman–Crippen MR) is 58.0 cm³/mol. The van der Waals surface area contributed by atoms with Crippen molar-refractivity contribution in [2.24, 2.45) is 0 Å². The number of terminal acetylenes is 1. The quantitative estimate of drug-likeness (QED) is 0.675. The van der Waals surface area contributed by atoms with E-state index in [1.54, 1.807) is 11.5 Å². The Morgan fingerprint density at radius 2 is 2.19 bits per heavy atom. The lowest BCUT2D eigenvalue weighted by Crippen LogP contribution is -1.98. The van der Waals surface area contributed by atoms with E-state index in [1.807, 2.05) is 12.8 Å². The highest BCUT2D eigenvalue weighted by atomic mass is 19.1. The molecule has 2 aromatic rings. The van der Waals surface area contributed by atoms with E-state index in [9.17, 15) is 8.78 Å². The molecule has 0 saturated carbocycles. The Kier molecular flexibility index (Phi) is 2.39. The van der Waals surface area contributed by atoms with Crippen molar-refractivity contribution in [3.05, 3.63) is 29.1 Å². The number of halogens is 2. The molecule has 0 unspecified atom stereocenters. The first-order chi connectivity index (χ1) is 7.60. The van der Waals surface area contributed by atoms with Crippen LogP contribution < -0.4 is 0 Å². The Morgan fingerprint density at radius 3 is 2.75 bits per heavy atom. The first kappa shape index (κ1) is 10.6. The summed E-state index contributed by atoms with van der Waals surface area (Å²) in [4.78, 5) is 4.06. The van der Waals surface area contributed by atoms with Gasteiger partial charge in [0.05, 0.1) is 11.1 Å². The van der Waals surface area contributed by atoms with E-state index in [0.717, 1.165) is 0 Å². The van der Waals surface area contributed by atoms with Crippen molar-refractivity contribution < 1.29 is 8.78 Å². The van der Waals surface area contributed by atoms with Crippen molar-refractivity contribution in [3.8, 4) is 12.3 Å². The molecule has 0 spiro atoms. The Labute approximate surface area is 91.9 Å². The van der Waals surface area contributed by atoms with Crippen LogP contribution in [0.5, 0.6) is 0 Å². The van der Waals surface area contributed by atoms with Gasteiger partial charge >= 0.3 is 0 Å². The van der Waals surface area contributed by atoms with Crippen LogP contribution in [0.15, 0.2) is 6.07 Å². The molecule has 2 nitrogen and oxygen atoms in total. The van der Waals surface area contributed by atoms with Gasteiger partial charge in [-0.05, 0) is 13.8 Å². The molecule has 0 saturated heterocycles. The molecule has 0 radical (unpaired) electrons. The van der Waals surface area contributed by atoms with Crippen molar-refractivity contribution >= 4 is 11.0 Å². The van der Waals surface area contributed by atoms with Crippen molar-refractivity contribution in [3.63, 3.8) is 0 Å². The number of hydrogen-bond acceptors (Lipinski definition) is 1. The molecule has 0 amide bonds. The second-order valence-corrected chi connectivity index (χ2v) is 3.46. The van der Waals surface area contributed by atoms with Gasteiger partial charge in [-0.2, -0.15) is 0 Å². The molecule has 0 atom stereocenters. The average molecular weight is 220 g/mol. The minimum atomic E-state index is -0.757. The summed E-state index contributed by atoms with van der Waals surface area (Å²) in [6.45, 7) is 4.24. The lowest BCUT2D eigenvalue weighted by Gasteiger charge is -2.03. The van der Waals surface area contributed by atoms with Crippen molar-refractivity contribution in [2.45, 2.75) is 20.4 Å². The first-order valence-corrected chi connectivity index (χ1v) is 4.91. The zero-order valence-electron chi connectivity index (χ0n) is 9.01. The van der Waals surface area contributed by atoms with Crippen LogP contribution in [0.1, 0.15) is 18.3 Å². The fraction of sp³-hybridized carbons (Fsp3) is 0.250. The summed E-state index contributed by atoms with van der Waals surface area (Å²) in [6, 6.07) is 1.23. The summed E-state index contributed by atoms with van der Waals surface area (Å²) in [5.74, 6) is 1.17. The molecule has 0 aliphatic heterocycles.